The van der Waals surface area contributed by atoms with E-state index in [-0.39, 0.29) is 29.1 Å². The highest BCUT2D eigenvalue weighted by Gasteiger charge is 2.31. The quantitative estimate of drug-likeness (QED) is 0.414. The summed E-state index contributed by atoms with van der Waals surface area (Å²) in [6.07, 6.45) is 0.963. The molecule has 2 amide bonds. The van der Waals surface area contributed by atoms with Gasteiger partial charge in [-0.1, -0.05) is 66.3 Å². The van der Waals surface area contributed by atoms with E-state index in [1.54, 1.807) is 19.1 Å². The molecule has 0 aliphatic heterocycles. The van der Waals surface area contributed by atoms with Crippen molar-refractivity contribution in [3.05, 3.63) is 62.1 Å². The van der Waals surface area contributed by atoms with Crippen molar-refractivity contribution in [2.45, 2.75) is 33.4 Å². The van der Waals surface area contributed by atoms with Crippen molar-refractivity contribution in [1.29, 1.82) is 0 Å². The topological polar surface area (TPSA) is 86.8 Å². The Morgan fingerprint density at radius 2 is 1.51 bits per heavy atom. The van der Waals surface area contributed by atoms with Gasteiger partial charge in [-0.05, 0) is 48.7 Å². The number of sulfonamides is 1. The highest BCUT2D eigenvalue weighted by molar-refractivity contribution is 7.92. The standard InChI is InChI=1S/C23H27Cl4N3O4S/c1-14(2)11-28-23(32)15(3)29(12-16-5-6-17(24)9-19(16)26)22(31)13-30(35(4,33)34)21-8-7-18(25)10-20(21)27/h5-10,14-15H,11-13H2,1-4H3,(H,28,32). The molecular weight excluding hydrogens is 556 g/mol. The third-order valence-electron chi connectivity index (χ3n) is 5.07. The van der Waals surface area contributed by atoms with Gasteiger partial charge < -0.3 is 10.2 Å². The fourth-order valence-electron chi connectivity index (χ4n) is 3.15. The van der Waals surface area contributed by atoms with Gasteiger partial charge in [-0.3, -0.25) is 13.9 Å². The molecule has 1 N–H and O–H groups in total. The molecule has 0 spiro atoms. The Morgan fingerprint density at radius 1 is 0.943 bits per heavy atom. The number of nitrogens with zero attached hydrogens (tertiary/aromatic N) is 2. The molecule has 0 aromatic heterocycles. The average Bonchev–Trinajstić information content (AvgIpc) is 2.74. The summed E-state index contributed by atoms with van der Waals surface area (Å²) in [5, 5.41) is 3.90. The lowest BCUT2D eigenvalue weighted by atomic mass is 10.1. The SMILES string of the molecule is CC(C)CNC(=O)C(C)N(Cc1ccc(Cl)cc1Cl)C(=O)CN(c1ccc(Cl)cc1Cl)S(C)(=O)=O. The molecule has 0 saturated heterocycles. The second kappa shape index (κ2) is 12.5. The largest absolute Gasteiger partial charge is 0.354 e. The third kappa shape index (κ3) is 8.43. The number of amides is 2. The number of anilines is 1. The van der Waals surface area contributed by atoms with Crippen LogP contribution in [0.4, 0.5) is 5.69 Å². The first-order chi connectivity index (χ1) is 16.2. The highest BCUT2D eigenvalue weighted by Crippen LogP contribution is 2.31. The van der Waals surface area contributed by atoms with Crippen LogP contribution in [-0.2, 0) is 26.2 Å². The number of hydrogen-bond donors (Lipinski definition) is 1. The van der Waals surface area contributed by atoms with Crippen LogP contribution in [0.25, 0.3) is 0 Å². The van der Waals surface area contributed by atoms with Gasteiger partial charge in [-0.25, -0.2) is 8.42 Å². The maximum atomic E-state index is 13.5. The number of rotatable bonds is 10. The van der Waals surface area contributed by atoms with Gasteiger partial charge in [0.25, 0.3) is 0 Å². The van der Waals surface area contributed by atoms with Crippen LogP contribution in [0.5, 0.6) is 0 Å². The van der Waals surface area contributed by atoms with Gasteiger partial charge >= 0.3 is 0 Å². The summed E-state index contributed by atoms with van der Waals surface area (Å²) in [7, 11) is -3.92. The molecule has 12 heteroatoms. The maximum Gasteiger partial charge on any atom is 0.244 e. The van der Waals surface area contributed by atoms with Gasteiger partial charge in [-0.2, -0.15) is 0 Å². The van der Waals surface area contributed by atoms with Gasteiger partial charge in [0.15, 0.2) is 0 Å². The van der Waals surface area contributed by atoms with E-state index in [0.29, 0.717) is 27.2 Å². The van der Waals surface area contributed by atoms with Crippen molar-refractivity contribution in [3.8, 4) is 0 Å². The van der Waals surface area contributed by atoms with Crippen molar-refractivity contribution in [2.24, 2.45) is 5.92 Å². The van der Waals surface area contributed by atoms with Gasteiger partial charge in [0.1, 0.15) is 12.6 Å². The summed E-state index contributed by atoms with van der Waals surface area (Å²) in [5.41, 5.74) is 0.636. The molecule has 0 radical (unpaired) electrons. The van der Waals surface area contributed by atoms with Crippen molar-refractivity contribution >= 4 is 73.9 Å². The lowest BCUT2D eigenvalue weighted by Gasteiger charge is -2.32. The number of carbonyl (C=O) groups excluding carboxylic acids is 2. The van der Waals surface area contributed by atoms with E-state index in [1.165, 1.54) is 29.2 Å². The van der Waals surface area contributed by atoms with Crippen LogP contribution in [0.2, 0.25) is 20.1 Å². The average molecular weight is 583 g/mol. The molecule has 192 valence electrons. The summed E-state index contributed by atoms with van der Waals surface area (Å²) in [4.78, 5) is 27.6. The number of carbonyl (C=O) groups is 2. The zero-order valence-corrected chi connectivity index (χ0v) is 23.5. The van der Waals surface area contributed by atoms with Gasteiger partial charge in [-0.15, -0.1) is 0 Å². The zero-order chi connectivity index (χ0) is 26.5. The normalized spacial score (nSPS) is 12.4. The molecular formula is C23H27Cl4N3O4S. The molecule has 2 aromatic carbocycles. The van der Waals surface area contributed by atoms with Crippen molar-refractivity contribution in [2.75, 3.05) is 23.7 Å². The molecule has 0 aliphatic rings. The highest BCUT2D eigenvalue weighted by atomic mass is 35.5. The summed E-state index contributed by atoms with van der Waals surface area (Å²) in [6, 6.07) is 8.14. The molecule has 35 heavy (non-hydrogen) atoms. The van der Waals surface area contributed by atoms with Crippen molar-refractivity contribution in [1.82, 2.24) is 10.2 Å². The Bertz CT molecular complexity index is 1190. The minimum atomic E-state index is -3.92. The second-order valence-electron chi connectivity index (χ2n) is 8.44. The van der Waals surface area contributed by atoms with E-state index < -0.39 is 28.5 Å². The van der Waals surface area contributed by atoms with Gasteiger partial charge in [0, 0.05) is 28.2 Å². The first-order valence-electron chi connectivity index (χ1n) is 10.6. The predicted molar refractivity (Wildman–Crippen MR) is 143 cm³/mol. The first kappa shape index (κ1) is 29.5. The van der Waals surface area contributed by atoms with E-state index >= 15 is 0 Å². The lowest BCUT2D eigenvalue weighted by molar-refractivity contribution is -0.139. The summed E-state index contributed by atoms with van der Waals surface area (Å²) in [6.45, 7) is 5.24. The van der Waals surface area contributed by atoms with Crippen molar-refractivity contribution < 1.29 is 18.0 Å². The van der Waals surface area contributed by atoms with Crippen LogP contribution in [-0.4, -0.2) is 50.5 Å². The fraction of sp³-hybridized carbons (Fsp3) is 0.391. The summed E-state index contributed by atoms with van der Waals surface area (Å²) < 4.78 is 26.1. The molecule has 0 heterocycles. The van der Waals surface area contributed by atoms with Crippen molar-refractivity contribution in [3.63, 3.8) is 0 Å². The smallest absolute Gasteiger partial charge is 0.244 e. The Morgan fingerprint density at radius 3 is 2.03 bits per heavy atom. The van der Waals surface area contributed by atoms with E-state index in [4.69, 9.17) is 46.4 Å². The Balaban J connectivity index is 2.44. The van der Waals surface area contributed by atoms with E-state index in [0.717, 1.165) is 10.6 Å². The molecule has 1 atom stereocenters. The molecule has 0 aliphatic carbocycles. The maximum absolute atomic E-state index is 13.5. The number of benzene rings is 2. The van der Waals surface area contributed by atoms with E-state index in [2.05, 4.69) is 5.32 Å². The van der Waals surface area contributed by atoms with Gasteiger partial charge in [0.05, 0.1) is 17.0 Å². The minimum absolute atomic E-state index is 0.0446. The van der Waals surface area contributed by atoms with E-state index in [1.807, 2.05) is 13.8 Å². The van der Waals surface area contributed by atoms with Crippen LogP contribution < -0.4 is 9.62 Å². The van der Waals surface area contributed by atoms with Crippen LogP contribution in [0, 0.1) is 5.92 Å². The lowest BCUT2D eigenvalue weighted by Crippen LogP contribution is -2.51. The third-order valence-corrected chi connectivity index (χ3v) is 7.32. The predicted octanol–water partition coefficient (Wildman–Crippen LogP) is 5.26. The summed E-state index contributed by atoms with van der Waals surface area (Å²) in [5.74, 6) is -0.805. The van der Waals surface area contributed by atoms with Crippen LogP contribution in [0.15, 0.2) is 36.4 Å². The zero-order valence-electron chi connectivity index (χ0n) is 19.7. The molecule has 0 saturated carbocycles. The first-order valence-corrected chi connectivity index (χ1v) is 14.0. The Hall–Kier alpha value is -1.71. The van der Waals surface area contributed by atoms with Gasteiger partial charge in [0.2, 0.25) is 21.8 Å². The second-order valence-corrected chi connectivity index (χ2v) is 12.0. The number of halogens is 4. The Labute approximate surface area is 226 Å². The summed E-state index contributed by atoms with van der Waals surface area (Å²) >= 11 is 24.5. The molecule has 0 bridgehead atoms. The minimum Gasteiger partial charge on any atom is -0.354 e. The number of hydrogen-bond acceptors (Lipinski definition) is 4. The molecule has 1 unspecified atom stereocenters. The van der Waals surface area contributed by atoms with Crippen LogP contribution in [0.3, 0.4) is 0 Å². The van der Waals surface area contributed by atoms with E-state index in [9.17, 15) is 18.0 Å². The Kier molecular flexibility index (Phi) is 10.5. The number of nitrogens with one attached hydrogen (secondary N) is 1. The van der Waals surface area contributed by atoms with Crippen LogP contribution >= 0.6 is 46.4 Å². The fourth-order valence-corrected chi connectivity index (χ4v) is 5.04. The molecule has 7 nitrogen and oxygen atoms in total. The molecule has 2 aromatic rings. The molecule has 2 rings (SSSR count). The monoisotopic (exact) mass is 581 g/mol. The van der Waals surface area contributed by atoms with Crippen LogP contribution in [0.1, 0.15) is 26.3 Å². The molecule has 0 fully saturated rings.